The molecule has 0 aromatic heterocycles. The van der Waals surface area contributed by atoms with E-state index in [0.717, 1.165) is 31.5 Å². The van der Waals surface area contributed by atoms with E-state index in [1.807, 2.05) is 32.9 Å². The molecule has 1 aliphatic heterocycles. The lowest BCUT2D eigenvalue weighted by Crippen LogP contribution is -2.53. The Labute approximate surface area is 162 Å². The maximum Gasteiger partial charge on any atom is 0.251 e. The standard InChI is InChI=1S/C21H33N3O3/c1-15(2)18(24-19(25)17-7-5-16(3)6-8-17)20(26)23-13-21(14-27-4)9-11-22-12-10-21/h5-8,15,18,22H,9-14H2,1-4H3,(H,23,26)(H,24,25). The van der Waals surface area contributed by atoms with Gasteiger partial charge in [0.05, 0.1) is 6.61 Å². The molecule has 6 heteroatoms. The van der Waals surface area contributed by atoms with E-state index in [4.69, 9.17) is 4.74 Å². The maximum atomic E-state index is 12.8. The highest BCUT2D eigenvalue weighted by atomic mass is 16.5. The topological polar surface area (TPSA) is 79.5 Å². The maximum absolute atomic E-state index is 12.8. The molecule has 1 aromatic rings. The largest absolute Gasteiger partial charge is 0.384 e. The first-order valence-electron chi connectivity index (χ1n) is 9.72. The van der Waals surface area contributed by atoms with Crippen LogP contribution in [0.15, 0.2) is 24.3 Å². The average Bonchev–Trinajstić information content (AvgIpc) is 2.65. The van der Waals surface area contributed by atoms with Gasteiger partial charge < -0.3 is 20.7 Å². The first kappa shape index (κ1) is 21.4. The average molecular weight is 376 g/mol. The number of benzene rings is 1. The van der Waals surface area contributed by atoms with Crippen molar-refractivity contribution in [2.24, 2.45) is 11.3 Å². The van der Waals surface area contributed by atoms with Gasteiger partial charge in [-0.15, -0.1) is 0 Å². The lowest BCUT2D eigenvalue weighted by Gasteiger charge is -2.37. The third kappa shape index (κ3) is 6.04. The molecule has 1 atom stereocenters. The lowest BCUT2D eigenvalue weighted by molar-refractivity contribution is -0.124. The predicted octanol–water partition coefficient (Wildman–Crippen LogP) is 1.88. The summed E-state index contributed by atoms with van der Waals surface area (Å²) in [5, 5.41) is 9.30. The molecule has 1 unspecified atom stereocenters. The second-order valence-corrected chi connectivity index (χ2v) is 7.96. The zero-order valence-corrected chi connectivity index (χ0v) is 16.9. The van der Waals surface area contributed by atoms with Crippen molar-refractivity contribution in [2.75, 3.05) is 33.4 Å². The highest BCUT2D eigenvalue weighted by molar-refractivity contribution is 5.97. The zero-order valence-electron chi connectivity index (χ0n) is 16.9. The SMILES string of the molecule is COCC1(CNC(=O)C(NC(=O)c2ccc(C)cc2)C(C)C)CCNCC1. The van der Waals surface area contributed by atoms with Crippen molar-refractivity contribution in [2.45, 2.75) is 39.7 Å². The minimum Gasteiger partial charge on any atom is -0.384 e. The van der Waals surface area contributed by atoms with Gasteiger partial charge in [0.15, 0.2) is 0 Å². The molecule has 150 valence electrons. The number of amides is 2. The monoisotopic (exact) mass is 375 g/mol. The molecule has 1 saturated heterocycles. The van der Waals surface area contributed by atoms with Crippen LogP contribution in [-0.2, 0) is 9.53 Å². The van der Waals surface area contributed by atoms with Crippen molar-refractivity contribution in [3.05, 3.63) is 35.4 Å². The van der Waals surface area contributed by atoms with Gasteiger partial charge in [0.1, 0.15) is 6.04 Å². The molecule has 0 spiro atoms. The normalized spacial score (nSPS) is 17.4. The molecular weight excluding hydrogens is 342 g/mol. The molecule has 0 saturated carbocycles. The Bertz CT molecular complexity index is 617. The number of hydrogen-bond donors (Lipinski definition) is 3. The summed E-state index contributed by atoms with van der Waals surface area (Å²) in [4.78, 5) is 25.3. The number of carbonyl (C=O) groups excluding carboxylic acids is 2. The fraction of sp³-hybridized carbons (Fsp3) is 0.619. The number of piperidine rings is 1. The van der Waals surface area contributed by atoms with Crippen LogP contribution in [0.25, 0.3) is 0 Å². The first-order chi connectivity index (χ1) is 12.9. The highest BCUT2D eigenvalue weighted by Gasteiger charge is 2.34. The van der Waals surface area contributed by atoms with Gasteiger partial charge in [-0.05, 0) is 50.9 Å². The van der Waals surface area contributed by atoms with E-state index in [1.165, 1.54) is 0 Å². The third-order valence-corrected chi connectivity index (χ3v) is 5.30. The molecule has 2 amide bonds. The fourth-order valence-corrected chi connectivity index (χ4v) is 3.48. The van der Waals surface area contributed by atoms with Gasteiger partial charge in [0, 0.05) is 24.6 Å². The van der Waals surface area contributed by atoms with E-state index in [1.54, 1.807) is 19.2 Å². The van der Waals surface area contributed by atoms with Crippen LogP contribution in [0.3, 0.4) is 0 Å². The van der Waals surface area contributed by atoms with Gasteiger partial charge in [0.2, 0.25) is 5.91 Å². The van der Waals surface area contributed by atoms with E-state index < -0.39 is 6.04 Å². The van der Waals surface area contributed by atoms with Crippen LogP contribution in [0.4, 0.5) is 0 Å². The lowest BCUT2D eigenvalue weighted by atomic mass is 9.79. The Morgan fingerprint density at radius 1 is 1.19 bits per heavy atom. The molecule has 1 heterocycles. The number of carbonyl (C=O) groups is 2. The Morgan fingerprint density at radius 3 is 2.37 bits per heavy atom. The van der Waals surface area contributed by atoms with Crippen molar-refractivity contribution in [1.29, 1.82) is 0 Å². The summed E-state index contributed by atoms with van der Waals surface area (Å²) in [5.74, 6) is -0.373. The van der Waals surface area contributed by atoms with Crippen molar-refractivity contribution in [1.82, 2.24) is 16.0 Å². The van der Waals surface area contributed by atoms with E-state index in [-0.39, 0.29) is 23.1 Å². The van der Waals surface area contributed by atoms with Crippen molar-refractivity contribution in [3.63, 3.8) is 0 Å². The molecule has 0 radical (unpaired) electrons. The summed E-state index contributed by atoms with van der Waals surface area (Å²) in [6.07, 6.45) is 1.92. The summed E-state index contributed by atoms with van der Waals surface area (Å²) >= 11 is 0. The van der Waals surface area contributed by atoms with Gasteiger partial charge in [0.25, 0.3) is 5.91 Å². The molecule has 1 aromatic carbocycles. The minimum absolute atomic E-state index is 0.00852. The Morgan fingerprint density at radius 2 is 1.81 bits per heavy atom. The number of hydrogen-bond acceptors (Lipinski definition) is 4. The van der Waals surface area contributed by atoms with Gasteiger partial charge in [-0.25, -0.2) is 0 Å². The quantitative estimate of drug-likeness (QED) is 0.648. The fourth-order valence-electron chi connectivity index (χ4n) is 3.48. The van der Waals surface area contributed by atoms with Crippen LogP contribution in [0.2, 0.25) is 0 Å². The second kappa shape index (κ2) is 9.85. The Balaban J connectivity index is 1.99. The smallest absolute Gasteiger partial charge is 0.251 e. The summed E-state index contributed by atoms with van der Waals surface area (Å²) in [5.41, 5.74) is 1.61. The van der Waals surface area contributed by atoms with Crippen molar-refractivity contribution in [3.8, 4) is 0 Å². The predicted molar refractivity (Wildman–Crippen MR) is 107 cm³/mol. The second-order valence-electron chi connectivity index (χ2n) is 7.96. The van der Waals surface area contributed by atoms with Crippen LogP contribution < -0.4 is 16.0 Å². The van der Waals surface area contributed by atoms with Crippen LogP contribution in [0.5, 0.6) is 0 Å². The van der Waals surface area contributed by atoms with E-state index >= 15 is 0 Å². The van der Waals surface area contributed by atoms with E-state index in [0.29, 0.717) is 18.7 Å². The number of rotatable bonds is 8. The van der Waals surface area contributed by atoms with E-state index in [9.17, 15) is 9.59 Å². The van der Waals surface area contributed by atoms with E-state index in [2.05, 4.69) is 16.0 Å². The molecule has 2 rings (SSSR count). The minimum atomic E-state index is -0.569. The molecular formula is C21H33N3O3. The molecule has 1 aliphatic rings. The van der Waals surface area contributed by atoms with Crippen molar-refractivity contribution >= 4 is 11.8 Å². The van der Waals surface area contributed by atoms with Crippen LogP contribution in [0.1, 0.15) is 42.6 Å². The zero-order chi connectivity index (χ0) is 19.9. The van der Waals surface area contributed by atoms with Gasteiger partial charge in [-0.2, -0.15) is 0 Å². The summed E-state index contributed by atoms with van der Waals surface area (Å²) in [6.45, 7) is 8.89. The highest BCUT2D eigenvalue weighted by Crippen LogP contribution is 2.28. The number of aryl methyl sites for hydroxylation is 1. The summed E-state index contributed by atoms with van der Waals surface area (Å²) in [6, 6.07) is 6.78. The van der Waals surface area contributed by atoms with Crippen LogP contribution >= 0.6 is 0 Å². The summed E-state index contributed by atoms with van der Waals surface area (Å²) in [7, 11) is 1.70. The molecule has 3 N–H and O–H groups in total. The third-order valence-electron chi connectivity index (χ3n) is 5.30. The van der Waals surface area contributed by atoms with Gasteiger partial charge >= 0.3 is 0 Å². The number of nitrogens with one attached hydrogen (secondary N) is 3. The molecule has 0 bridgehead atoms. The molecule has 27 heavy (non-hydrogen) atoms. The Hall–Kier alpha value is -1.92. The van der Waals surface area contributed by atoms with Crippen LogP contribution in [0, 0.1) is 18.3 Å². The first-order valence-corrected chi connectivity index (χ1v) is 9.72. The molecule has 1 fully saturated rings. The van der Waals surface area contributed by atoms with Crippen LogP contribution in [-0.4, -0.2) is 51.2 Å². The number of ether oxygens (including phenoxy) is 1. The van der Waals surface area contributed by atoms with Gasteiger partial charge in [-0.1, -0.05) is 31.5 Å². The molecule has 6 nitrogen and oxygen atoms in total. The van der Waals surface area contributed by atoms with Gasteiger partial charge in [-0.3, -0.25) is 9.59 Å². The number of methoxy groups -OCH3 is 1. The Kier molecular flexibility index (Phi) is 7.80. The van der Waals surface area contributed by atoms with Crippen molar-refractivity contribution < 1.29 is 14.3 Å². The summed E-state index contributed by atoms with van der Waals surface area (Å²) < 4.78 is 5.41. The molecule has 0 aliphatic carbocycles.